The van der Waals surface area contributed by atoms with Crippen molar-refractivity contribution >= 4 is 17.5 Å². The number of nitrogens with zero attached hydrogens (tertiary/aromatic N) is 3. The molecule has 156 valence electrons. The van der Waals surface area contributed by atoms with Gasteiger partial charge in [-0.05, 0) is 81.4 Å². The molecule has 1 atom stereocenters. The minimum absolute atomic E-state index is 0.148. The van der Waals surface area contributed by atoms with Gasteiger partial charge in [0.2, 0.25) is 0 Å². The Morgan fingerprint density at radius 2 is 1.90 bits per heavy atom. The van der Waals surface area contributed by atoms with E-state index in [1.54, 1.807) is 0 Å². The van der Waals surface area contributed by atoms with E-state index in [0.29, 0.717) is 17.8 Å². The summed E-state index contributed by atoms with van der Waals surface area (Å²) in [6.45, 7) is 5.08. The topological polar surface area (TPSA) is 53.1 Å². The molecule has 2 N–H and O–H groups in total. The van der Waals surface area contributed by atoms with Crippen LogP contribution in [0, 0.1) is 0 Å². The second-order valence-electron chi connectivity index (χ2n) is 7.91. The second kappa shape index (κ2) is 8.18. The smallest absolute Gasteiger partial charge is 0.354 e. The lowest BCUT2D eigenvalue weighted by atomic mass is 9.90. The highest BCUT2D eigenvalue weighted by Crippen LogP contribution is 2.34. The molecular weight excluding hydrogens is 379 g/mol. The van der Waals surface area contributed by atoms with Crippen LogP contribution >= 0.6 is 0 Å². The fourth-order valence-corrected chi connectivity index (χ4v) is 4.22. The van der Waals surface area contributed by atoms with Crippen LogP contribution in [0.25, 0.3) is 0 Å². The molecule has 0 aliphatic carbocycles. The summed E-state index contributed by atoms with van der Waals surface area (Å²) in [5.74, 6) is 2.00. The number of aromatic nitrogens is 2. The zero-order chi connectivity index (χ0) is 20.4. The summed E-state index contributed by atoms with van der Waals surface area (Å²) in [4.78, 5) is 11.1. The van der Waals surface area contributed by atoms with Gasteiger partial charge in [-0.3, -0.25) is 0 Å². The normalized spacial score (nSPS) is 20.8. The highest BCUT2D eigenvalue weighted by molar-refractivity contribution is 5.59. The van der Waals surface area contributed by atoms with Crippen molar-refractivity contribution in [3.05, 3.63) is 41.6 Å². The summed E-state index contributed by atoms with van der Waals surface area (Å²) < 4.78 is 39.1. The van der Waals surface area contributed by atoms with E-state index in [1.807, 2.05) is 6.07 Å². The van der Waals surface area contributed by atoms with E-state index in [-0.39, 0.29) is 5.82 Å². The Kier molecular flexibility index (Phi) is 5.63. The van der Waals surface area contributed by atoms with E-state index >= 15 is 0 Å². The number of piperidine rings is 1. The Hall–Kier alpha value is -2.35. The third kappa shape index (κ3) is 4.63. The van der Waals surface area contributed by atoms with E-state index in [2.05, 4.69) is 33.5 Å². The standard InChI is InChI=1S/C21H26F3N5/c1-14-3-2-10-29(14)20-12-16(15-4-7-25-8-5-15)11-19(28-20)27-18-13-17(6-9-26-18)21(22,23)24/h6,9,11-15,25H,2-5,7-8,10H2,1H3,(H,26,27,28)/t14-/m1/s1. The molecular formula is C21H26F3N5. The van der Waals surface area contributed by atoms with Crippen molar-refractivity contribution in [1.29, 1.82) is 0 Å². The quantitative estimate of drug-likeness (QED) is 0.773. The summed E-state index contributed by atoms with van der Waals surface area (Å²) in [5, 5.41) is 6.39. The lowest BCUT2D eigenvalue weighted by Gasteiger charge is -2.27. The van der Waals surface area contributed by atoms with E-state index < -0.39 is 11.7 Å². The van der Waals surface area contributed by atoms with Gasteiger partial charge in [0.05, 0.1) is 5.56 Å². The Morgan fingerprint density at radius 3 is 2.59 bits per heavy atom. The van der Waals surface area contributed by atoms with Crippen LogP contribution in [0.5, 0.6) is 0 Å². The van der Waals surface area contributed by atoms with Crippen molar-refractivity contribution in [3.8, 4) is 0 Å². The van der Waals surface area contributed by atoms with Crippen LogP contribution in [-0.4, -0.2) is 35.6 Å². The molecule has 2 aliphatic heterocycles. The molecule has 2 aromatic heterocycles. The van der Waals surface area contributed by atoms with Crippen molar-refractivity contribution in [2.75, 3.05) is 29.9 Å². The Balaban J connectivity index is 1.66. The van der Waals surface area contributed by atoms with Crippen LogP contribution in [0.15, 0.2) is 30.5 Å². The fourth-order valence-electron chi connectivity index (χ4n) is 4.22. The van der Waals surface area contributed by atoms with Crippen molar-refractivity contribution in [1.82, 2.24) is 15.3 Å². The zero-order valence-electron chi connectivity index (χ0n) is 16.5. The summed E-state index contributed by atoms with van der Waals surface area (Å²) in [6, 6.07) is 6.52. The molecule has 2 saturated heterocycles. The molecule has 5 nitrogen and oxygen atoms in total. The maximum absolute atomic E-state index is 13.0. The number of nitrogens with one attached hydrogen (secondary N) is 2. The molecule has 0 saturated carbocycles. The largest absolute Gasteiger partial charge is 0.416 e. The van der Waals surface area contributed by atoms with Gasteiger partial charge in [-0.25, -0.2) is 9.97 Å². The number of hydrogen-bond acceptors (Lipinski definition) is 5. The summed E-state index contributed by atoms with van der Waals surface area (Å²) >= 11 is 0. The van der Waals surface area contributed by atoms with Gasteiger partial charge in [0, 0.05) is 18.8 Å². The molecule has 0 aromatic carbocycles. The number of halogens is 3. The molecule has 0 amide bonds. The number of alkyl halides is 3. The molecule has 0 spiro atoms. The van der Waals surface area contributed by atoms with Crippen molar-refractivity contribution in [2.45, 2.75) is 50.7 Å². The first-order valence-corrected chi connectivity index (χ1v) is 10.2. The number of hydrogen-bond donors (Lipinski definition) is 2. The second-order valence-corrected chi connectivity index (χ2v) is 7.91. The molecule has 8 heteroatoms. The first-order chi connectivity index (χ1) is 13.9. The number of pyridine rings is 2. The van der Waals surface area contributed by atoms with Gasteiger partial charge < -0.3 is 15.5 Å². The number of rotatable bonds is 4. The minimum Gasteiger partial charge on any atom is -0.354 e. The van der Waals surface area contributed by atoms with Crippen LogP contribution in [0.1, 0.15) is 49.7 Å². The first-order valence-electron chi connectivity index (χ1n) is 10.2. The predicted molar refractivity (Wildman–Crippen MR) is 108 cm³/mol. The lowest BCUT2D eigenvalue weighted by molar-refractivity contribution is -0.137. The van der Waals surface area contributed by atoms with Crippen LogP contribution in [0.3, 0.4) is 0 Å². The summed E-state index contributed by atoms with van der Waals surface area (Å²) in [7, 11) is 0. The predicted octanol–water partition coefficient (Wildman–Crippen LogP) is 4.69. The molecule has 29 heavy (non-hydrogen) atoms. The summed E-state index contributed by atoms with van der Waals surface area (Å²) in [6.07, 6.45) is 1.10. The monoisotopic (exact) mass is 405 g/mol. The SMILES string of the molecule is C[C@@H]1CCCN1c1cc(C2CCNCC2)cc(Nc2cc(C(F)(F)F)ccn2)n1. The average molecular weight is 405 g/mol. The maximum atomic E-state index is 13.0. The fraction of sp³-hybridized carbons (Fsp3) is 0.524. The van der Waals surface area contributed by atoms with Crippen LogP contribution in [0.4, 0.5) is 30.6 Å². The van der Waals surface area contributed by atoms with Gasteiger partial charge >= 0.3 is 6.18 Å². The van der Waals surface area contributed by atoms with Gasteiger partial charge in [0.15, 0.2) is 0 Å². The highest BCUT2D eigenvalue weighted by Gasteiger charge is 2.31. The third-order valence-electron chi connectivity index (χ3n) is 5.84. The van der Waals surface area contributed by atoms with Gasteiger partial charge in [-0.2, -0.15) is 13.2 Å². The lowest BCUT2D eigenvalue weighted by Crippen LogP contribution is -2.29. The van der Waals surface area contributed by atoms with Gasteiger partial charge in [0.25, 0.3) is 0 Å². The maximum Gasteiger partial charge on any atom is 0.416 e. The van der Waals surface area contributed by atoms with Crippen LogP contribution in [0.2, 0.25) is 0 Å². The first kappa shape index (κ1) is 19.9. The average Bonchev–Trinajstić information content (AvgIpc) is 3.14. The molecule has 2 fully saturated rings. The molecule has 4 rings (SSSR count). The van der Waals surface area contributed by atoms with Gasteiger partial charge in [-0.1, -0.05) is 0 Å². The molecule has 0 bridgehead atoms. The van der Waals surface area contributed by atoms with E-state index in [1.165, 1.54) is 11.8 Å². The van der Waals surface area contributed by atoms with Crippen LogP contribution < -0.4 is 15.5 Å². The molecule has 0 unspecified atom stereocenters. The summed E-state index contributed by atoms with van der Waals surface area (Å²) in [5.41, 5.74) is 0.461. The minimum atomic E-state index is -4.40. The van der Waals surface area contributed by atoms with E-state index in [9.17, 15) is 13.2 Å². The molecule has 2 aromatic rings. The number of anilines is 3. The van der Waals surface area contributed by atoms with E-state index in [0.717, 1.165) is 63.3 Å². The van der Waals surface area contributed by atoms with Crippen molar-refractivity contribution < 1.29 is 13.2 Å². The Morgan fingerprint density at radius 1 is 1.10 bits per heavy atom. The molecule has 0 radical (unpaired) electrons. The van der Waals surface area contributed by atoms with Crippen molar-refractivity contribution in [2.24, 2.45) is 0 Å². The third-order valence-corrected chi connectivity index (χ3v) is 5.84. The van der Waals surface area contributed by atoms with Crippen LogP contribution in [-0.2, 0) is 6.18 Å². The Bertz CT molecular complexity index is 848. The molecule has 2 aliphatic rings. The Labute approximate surface area is 168 Å². The van der Waals surface area contributed by atoms with Gasteiger partial charge in [0.1, 0.15) is 17.5 Å². The zero-order valence-corrected chi connectivity index (χ0v) is 16.5. The molecule has 4 heterocycles. The van der Waals surface area contributed by atoms with Gasteiger partial charge in [-0.15, -0.1) is 0 Å². The van der Waals surface area contributed by atoms with E-state index in [4.69, 9.17) is 4.98 Å². The van der Waals surface area contributed by atoms with Crippen molar-refractivity contribution in [3.63, 3.8) is 0 Å². The highest BCUT2D eigenvalue weighted by atomic mass is 19.4.